The zero-order chi connectivity index (χ0) is 23.5. The molecule has 7 nitrogen and oxygen atoms in total. The molecule has 1 aromatic heterocycles. The number of hydrogen-bond donors (Lipinski definition) is 1. The molecular formula is C17H21F6N6OP. The average molecular weight is 470 g/mol. The van der Waals surface area contributed by atoms with E-state index in [1.165, 1.54) is 4.85 Å². The van der Waals surface area contributed by atoms with Gasteiger partial charge in [-0.3, -0.25) is 4.84 Å². The van der Waals surface area contributed by atoms with Crippen molar-refractivity contribution in [2.24, 2.45) is 0 Å². The number of rotatable bonds is 2. The molecule has 0 aliphatic carbocycles. The fourth-order valence-electron chi connectivity index (χ4n) is 2.49. The van der Waals surface area contributed by atoms with Crippen LogP contribution in [0.25, 0.3) is 16.7 Å². The van der Waals surface area contributed by atoms with Crippen LogP contribution in [0, 0.1) is 0 Å². The molecule has 1 aromatic carbocycles. The maximum atomic E-state index is 9.87. The van der Waals surface area contributed by atoms with E-state index in [-0.39, 0.29) is 0 Å². The van der Waals surface area contributed by atoms with Crippen molar-refractivity contribution in [1.29, 1.82) is 0 Å². The van der Waals surface area contributed by atoms with Gasteiger partial charge in [-0.15, -0.1) is 5.10 Å². The minimum absolute atomic E-state index is 0.652. The van der Waals surface area contributed by atoms with Crippen LogP contribution in [-0.2, 0) is 0 Å². The first kappa shape index (κ1) is 24.2. The number of para-hydroxylation sites is 1. The van der Waals surface area contributed by atoms with E-state index in [1.54, 1.807) is 0 Å². The van der Waals surface area contributed by atoms with Crippen LogP contribution in [0.4, 0.5) is 25.2 Å². The molecule has 0 fully saturated rings. The van der Waals surface area contributed by atoms with Gasteiger partial charge < -0.3 is 5.32 Å². The predicted octanol–water partition coefficient (Wildman–Crippen LogP) is 4.45. The van der Waals surface area contributed by atoms with Crippen LogP contribution in [0.2, 0.25) is 0 Å². The Morgan fingerprint density at radius 3 is 2.29 bits per heavy atom. The van der Waals surface area contributed by atoms with E-state index in [0.717, 1.165) is 22.3 Å². The molecular weight excluding hydrogens is 449 g/mol. The number of fused-ring (bicyclic) bond motifs is 1. The average Bonchev–Trinajstić information content (AvgIpc) is 2.82. The molecule has 0 spiro atoms. The Hall–Kier alpha value is -3.08. The summed E-state index contributed by atoms with van der Waals surface area (Å²) >= 11 is 0. The quantitative estimate of drug-likeness (QED) is 0.231. The van der Waals surface area contributed by atoms with E-state index >= 15 is 0 Å². The van der Waals surface area contributed by atoms with Gasteiger partial charge in [0.25, 0.3) is 0 Å². The number of halogens is 6. The summed E-state index contributed by atoms with van der Waals surface area (Å²) in [5.41, 5.74) is 3.49. The van der Waals surface area contributed by atoms with Crippen molar-refractivity contribution in [2.45, 2.75) is 0 Å². The van der Waals surface area contributed by atoms with Crippen LogP contribution in [0.15, 0.2) is 48.7 Å². The van der Waals surface area contributed by atoms with Crippen molar-refractivity contribution < 1.29 is 34.6 Å². The second-order valence-corrected chi connectivity index (χ2v) is 8.64. The van der Waals surface area contributed by atoms with Gasteiger partial charge in [-0.25, -0.2) is 9.48 Å². The van der Waals surface area contributed by atoms with Gasteiger partial charge in [0.1, 0.15) is 11.0 Å². The van der Waals surface area contributed by atoms with Crippen LogP contribution in [0.1, 0.15) is 5.56 Å². The summed E-state index contributed by atoms with van der Waals surface area (Å²) in [5.74, 6) is 0. The Labute approximate surface area is 173 Å². The molecule has 0 saturated heterocycles. The number of allylic oxidation sites excluding steroid dienone is 4. The molecule has 0 atom stereocenters. The van der Waals surface area contributed by atoms with Crippen molar-refractivity contribution >= 4 is 30.6 Å². The van der Waals surface area contributed by atoms with Crippen molar-refractivity contribution in [2.75, 3.05) is 28.2 Å². The second-order valence-electron chi connectivity index (χ2n) is 6.73. The number of hydrogen-bond acceptors (Lipinski definition) is 4. The van der Waals surface area contributed by atoms with Crippen LogP contribution >= 0.6 is 7.81 Å². The van der Waals surface area contributed by atoms with Gasteiger partial charge in [0.2, 0.25) is 0 Å². The van der Waals surface area contributed by atoms with Gasteiger partial charge in [-0.2, -0.15) is 0 Å². The van der Waals surface area contributed by atoms with Gasteiger partial charge in [-0.05, 0) is 23.4 Å². The van der Waals surface area contributed by atoms with Crippen LogP contribution in [-0.4, -0.2) is 58.8 Å². The van der Waals surface area contributed by atoms with Gasteiger partial charge in [0, 0.05) is 17.5 Å². The molecule has 1 aliphatic heterocycles. The first-order valence-electron chi connectivity index (χ1n) is 8.64. The third-order valence-electron chi connectivity index (χ3n) is 3.48. The van der Waals surface area contributed by atoms with Gasteiger partial charge >= 0.3 is 39.0 Å². The normalized spacial score (nSPS) is 15.5. The summed E-state index contributed by atoms with van der Waals surface area (Å²) in [6, 6.07) is 6.54. The molecule has 14 heteroatoms. The first-order chi connectivity index (χ1) is 14.0. The number of nitrogens with one attached hydrogen (secondary N) is 1. The molecule has 0 saturated carbocycles. The van der Waals surface area contributed by atoms with Gasteiger partial charge in [0.15, 0.2) is 0 Å². The minimum atomic E-state index is -10.7. The van der Waals surface area contributed by atoms with Gasteiger partial charge in [0.05, 0.1) is 28.2 Å². The Balaban J connectivity index is 0.000000423. The van der Waals surface area contributed by atoms with Crippen LogP contribution in [0.3, 0.4) is 0 Å². The van der Waals surface area contributed by atoms with Crippen molar-refractivity contribution in [3.63, 3.8) is 0 Å². The number of nitrogens with zero attached hydrogens (tertiary/aromatic N) is 5. The van der Waals surface area contributed by atoms with E-state index in [2.05, 4.69) is 15.6 Å². The predicted molar refractivity (Wildman–Crippen MR) is 108 cm³/mol. The summed E-state index contributed by atoms with van der Waals surface area (Å²) in [7, 11) is -2.99. The third kappa shape index (κ3) is 8.28. The van der Waals surface area contributed by atoms with Gasteiger partial charge in [-0.1, -0.05) is 29.1 Å². The number of amidine groups is 1. The molecule has 1 N–H and O–H groups in total. The van der Waals surface area contributed by atoms with Crippen molar-refractivity contribution in [3.05, 3.63) is 54.3 Å². The van der Waals surface area contributed by atoms with Crippen LogP contribution < -0.4 is 10.2 Å². The fraction of sp³-hybridized carbons (Fsp3) is 0.235. The zero-order valence-electron chi connectivity index (χ0n) is 17.0. The van der Waals surface area contributed by atoms with Crippen molar-refractivity contribution in [3.8, 4) is 0 Å². The van der Waals surface area contributed by atoms with E-state index < -0.39 is 7.81 Å². The van der Waals surface area contributed by atoms with E-state index in [0.29, 0.717) is 6.02 Å². The summed E-state index contributed by atoms with van der Waals surface area (Å²) < 4.78 is 61.1. The Morgan fingerprint density at radius 2 is 1.71 bits per heavy atom. The van der Waals surface area contributed by atoms with Crippen molar-refractivity contribution in [1.82, 2.24) is 25.4 Å². The molecule has 1 aliphatic rings. The fourth-order valence-corrected chi connectivity index (χ4v) is 2.49. The molecule has 2 heterocycles. The molecule has 2 aromatic rings. The third-order valence-corrected chi connectivity index (χ3v) is 3.48. The van der Waals surface area contributed by atoms with E-state index in [4.69, 9.17) is 4.84 Å². The van der Waals surface area contributed by atoms with Crippen LogP contribution in [0.5, 0.6) is 0 Å². The number of aromatic nitrogens is 3. The number of benzene rings is 1. The summed E-state index contributed by atoms with van der Waals surface area (Å²) in [5, 5.41) is 11.6. The topological polar surface area (TPSA) is 58.2 Å². The Morgan fingerprint density at radius 1 is 1.06 bits per heavy atom. The molecule has 0 radical (unpaired) electrons. The zero-order valence-corrected chi connectivity index (χ0v) is 17.9. The van der Waals surface area contributed by atoms with E-state index in [9.17, 15) is 25.2 Å². The summed E-state index contributed by atoms with van der Waals surface area (Å²) in [6.45, 7) is 0. The second kappa shape index (κ2) is 7.88. The molecule has 0 bridgehead atoms. The summed E-state index contributed by atoms with van der Waals surface area (Å²) in [4.78, 5) is 9.31. The monoisotopic (exact) mass is 470 g/mol. The standard InChI is InChI=1S/C17H21N6O.F6P/c1-21(2)17(22(3)4)24-23-16-13(9-8-11-15(16)19-20-23)14-10-6-5-7-12-18-14;1-7(2,3,4,5)6/h5-12,18H,1-4H3;/q+1;-1. The molecule has 172 valence electrons. The molecule has 31 heavy (non-hydrogen) atoms. The molecule has 0 unspecified atom stereocenters. The van der Waals surface area contributed by atoms with E-state index in [1.807, 2.05) is 86.4 Å². The maximum absolute atomic E-state index is 10.7. The molecule has 3 rings (SSSR count). The molecule has 0 amide bonds. The Kier molecular flexibility index (Phi) is 6.15. The summed E-state index contributed by atoms with van der Waals surface area (Å²) in [6.07, 6.45) is 9.79. The first-order valence-corrected chi connectivity index (χ1v) is 10.7. The Bertz CT molecular complexity index is 1070. The SMILES string of the molecule is CN(C)C(On1nnc2cccc(C3=CC=CC=CN3)c21)=[N+](C)C.F[P-](F)(F)(F)(F)F.